The van der Waals surface area contributed by atoms with Gasteiger partial charge in [0.1, 0.15) is 5.75 Å². The van der Waals surface area contributed by atoms with Crippen LogP contribution in [0.2, 0.25) is 0 Å². The summed E-state index contributed by atoms with van der Waals surface area (Å²) in [5.74, 6) is -0.772. The van der Waals surface area contributed by atoms with Crippen LogP contribution in [-0.4, -0.2) is 22.1 Å². The van der Waals surface area contributed by atoms with Crippen molar-refractivity contribution in [1.29, 1.82) is 0 Å². The maximum Gasteiger partial charge on any atom is 0.416 e. The van der Waals surface area contributed by atoms with Gasteiger partial charge < -0.3 is 9.47 Å². The number of thiazole rings is 1. The van der Waals surface area contributed by atoms with Crippen LogP contribution in [0.25, 0.3) is 6.08 Å². The van der Waals surface area contributed by atoms with E-state index in [9.17, 15) is 32.9 Å². The van der Waals surface area contributed by atoms with E-state index in [1.807, 2.05) is 31.2 Å². The Kier molecular flexibility index (Phi) is 8.24. The van der Waals surface area contributed by atoms with Gasteiger partial charge in [0, 0.05) is 6.07 Å². The van der Waals surface area contributed by atoms with Gasteiger partial charge in [-0.15, -0.1) is 0 Å². The summed E-state index contributed by atoms with van der Waals surface area (Å²) >= 11 is 1.15. The molecule has 0 saturated carbocycles. The van der Waals surface area contributed by atoms with Crippen LogP contribution in [-0.2, 0) is 15.7 Å². The molecule has 4 aromatic rings. The van der Waals surface area contributed by atoms with E-state index in [1.165, 1.54) is 16.7 Å². The Morgan fingerprint density at radius 3 is 2.39 bits per heavy atom. The number of alkyl halides is 3. The lowest BCUT2D eigenvalue weighted by molar-refractivity contribution is -0.385. The molecule has 0 bridgehead atoms. The molecule has 0 fully saturated rings. The number of nitro benzene ring substituents is 1. The summed E-state index contributed by atoms with van der Waals surface area (Å²) in [5.41, 5.74) is 0.675. The second-order valence-electron chi connectivity index (χ2n) is 9.82. The van der Waals surface area contributed by atoms with E-state index in [0.29, 0.717) is 32.7 Å². The largest absolute Gasteiger partial charge is 0.463 e. The molecule has 226 valence electrons. The highest BCUT2D eigenvalue weighted by Gasteiger charge is 2.34. The van der Waals surface area contributed by atoms with Crippen LogP contribution in [0.3, 0.4) is 0 Å². The second kappa shape index (κ2) is 11.9. The first-order chi connectivity index (χ1) is 20.9. The highest BCUT2D eigenvalue weighted by atomic mass is 32.1. The monoisotopic (exact) mass is 623 g/mol. The third kappa shape index (κ3) is 6.04. The summed E-state index contributed by atoms with van der Waals surface area (Å²) in [6.07, 6.45) is -3.12. The fourth-order valence-electron chi connectivity index (χ4n) is 4.69. The molecular formula is C31H24F3N3O6S. The van der Waals surface area contributed by atoms with Crippen molar-refractivity contribution in [3.05, 3.63) is 130 Å². The van der Waals surface area contributed by atoms with Crippen LogP contribution in [0.5, 0.6) is 11.5 Å². The highest BCUT2D eigenvalue weighted by molar-refractivity contribution is 7.07. The molecule has 1 aliphatic heterocycles. The number of allylic oxidation sites excluding steroid dienone is 1. The van der Waals surface area contributed by atoms with Crippen molar-refractivity contribution in [3.8, 4) is 11.5 Å². The van der Waals surface area contributed by atoms with Gasteiger partial charge in [0.2, 0.25) is 5.75 Å². The molecular weight excluding hydrogens is 599 g/mol. The van der Waals surface area contributed by atoms with Gasteiger partial charge in [0.05, 0.1) is 38.9 Å². The average Bonchev–Trinajstić information content (AvgIpc) is 3.27. The number of rotatable bonds is 7. The Morgan fingerprint density at radius 2 is 1.77 bits per heavy atom. The first kappa shape index (κ1) is 30.4. The van der Waals surface area contributed by atoms with Crippen LogP contribution < -0.4 is 19.6 Å². The van der Waals surface area contributed by atoms with E-state index >= 15 is 0 Å². The Labute approximate surface area is 252 Å². The van der Waals surface area contributed by atoms with Crippen molar-refractivity contribution in [2.24, 2.45) is 4.99 Å². The van der Waals surface area contributed by atoms with E-state index in [-0.39, 0.29) is 29.2 Å². The topological polar surface area (TPSA) is 113 Å². The van der Waals surface area contributed by atoms with Gasteiger partial charge in [-0.05, 0) is 62.2 Å². The number of ether oxygens (including phenoxy) is 2. The van der Waals surface area contributed by atoms with E-state index in [0.717, 1.165) is 28.5 Å². The number of halogens is 3. The van der Waals surface area contributed by atoms with Crippen molar-refractivity contribution in [3.63, 3.8) is 0 Å². The fourth-order valence-corrected chi connectivity index (χ4v) is 5.74. The van der Waals surface area contributed by atoms with Gasteiger partial charge in [-0.3, -0.25) is 19.5 Å². The number of hydrogen-bond acceptors (Lipinski definition) is 8. The van der Waals surface area contributed by atoms with Gasteiger partial charge >= 0.3 is 17.8 Å². The van der Waals surface area contributed by atoms with Crippen molar-refractivity contribution in [1.82, 2.24) is 4.57 Å². The lowest BCUT2D eigenvalue weighted by Crippen LogP contribution is -2.39. The zero-order valence-electron chi connectivity index (χ0n) is 23.5. The molecule has 0 N–H and O–H groups in total. The molecule has 1 aliphatic rings. The maximum absolute atomic E-state index is 13.7. The van der Waals surface area contributed by atoms with Crippen LogP contribution in [0.15, 0.2) is 87.8 Å². The lowest BCUT2D eigenvalue weighted by Gasteiger charge is -2.24. The zero-order valence-corrected chi connectivity index (χ0v) is 24.4. The van der Waals surface area contributed by atoms with Crippen LogP contribution in [0.1, 0.15) is 42.1 Å². The lowest BCUT2D eigenvalue weighted by atomic mass is 9.95. The summed E-state index contributed by atoms with van der Waals surface area (Å²) in [6, 6.07) is 14.9. The quantitative estimate of drug-likeness (QED) is 0.146. The molecule has 0 saturated heterocycles. The van der Waals surface area contributed by atoms with Gasteiger partial charge in [-0.25, -0.2) is 9.79 Å². The van der Waals surface area contributed by atoms with Crippen LogP contribution in [0, 0.1) is 17.0 Å². The molecule has 3 aromatic carbocycles. The second-order valence-corrected chi connectivity index (χ2v) is 10.8. The number of aromatic nitrogens is 1. The average molecular weight is 624 g/mol. The Balaban J connectivity index is 1.50. The predicted octanol–water partition coefficient (Wildman–Crippen LogP) is 5.83. The van der Waals surface area contributed by atoms with Gasteiger partial charge in [-0.2, -0.15) is 13.2 Å². The number of carbonyl (C=O) groups is 1. The van der Waals surface area contributed by atoms with Gasteiger partial charge in [0.15, 0.2) is 4.80 Å². The Hall–Kier alpha value is -5.04. The maximum atomic E-state index is 13.7. The minimum atomic E-state index is -4.75. The van der Waals surface area contributed by atoms with Crippen LogP contribution in [0.4, 0.5) is 18.9 Å². The molecule has 1 atom stereocenters. The number of carbonyl (C=O) groups excluding carboxylic acids is 1. The Morgan fingerprint density at radius 1 is 1.09 bits per heavy atom. The molecule has 1 aromatic heterocycles. The molecule has 5 rings (SSSR count). The smallest absolute Gasteiger partial charge is 0.416 e. The summed E-state index contributed by atoms with van der Waals surface area (Å²) in [6.45, 7) is 5.49. The van der Waals surface area contributed by atoms with E-state index in [2.05, 4.69) is 4.99 Å². The van der Waals surface area contributed by atoms with Gasteiger partial charge in [-0.1, -0.05) is 53.3 Å². The number of fused-ring (bicyclic) bond motifs is 1. The third-order valence-corrected chi connectivity index (χ3v) is 7.78. The van der Waals surface area contributed by atoms with Gasteiger partial charge in [0.25, 0.3) is 5.56 Å². The molecule has 0 aliphatic carbocycles. The zero-order chi connectivity index (χ0) is 31.8. The minimum Gasteiger partial charge on any atom is -0.463 e. The highest BCUT2D eigenvalue weighted by Crippen LogP contribution is 2.38. The van der Waals surface area contributed by atoms with Crippen molar-refractivity contribution in [2.75, 3.05) is 6.61 Å². The molecule has 2 heterocycles. The molecule has 13 heteroatoms. The third-order valence-electron chi connectivity index (χ3n) is 6.80. The predicted molar refractivity (Wildman–Crippen MR) is 156 cm³/mol. The molecule has 0 radical (unpaired) electrons. The minimum absolute atomic E-state index is 0.139. The fraction of sp³-hybridized carbons (Fsp3) is 0.194. The summed E-state index contributed by atoms with van der Waals surface area (Å²) in [5, 5.41) is 11.4. The number of hydrogen-bond donors (Lipinski definition) is 0. The summed E-state index contributed by atoms with van der Waals surface area (Å²) < 4.78 is 51.7. The standard InChI is InChI=1S/C31H24F3N3O6S/c1-4-42-29(39)26-18(3)35-30-36(27(26)20-9-5-17(2)6-10-20)28(38)25(44-30)15-19-7-12-22(13-8-19)43-24-14-11-21(31(32,33)34)16-23(24)37(40)41/h5-16,27H,4H2,1-3H3/b25-15+/t27-/m1/s1. The first-order valence-electron chi connectivity index (χ1n) is 13.3. The molecule has 0 unspecified atom stereocenters. The number of aryl methyl sites for hydroxylation is 1. The normalized spacial score (nSPS) is 15.0. The van der Waals surface area contributed by atoms with E-state index < -0.39 is 34.4 Å². The van der Waals surface area contributed by atoms with Crippen molar-refractivity contribution >= 4 is 29.1 Å². The van der Waals surface area contributed by atoms with Crippen molar-refractivity contribution in [2.45, 2.75) is 33.0 Å². The van der Waals surface area contributed by atoms with Crippen LogP contribution >= 0.6 is 11.3 Å². The van der Waals surface area contributed by atoms with Crippen molar-refractivity contribution < 1.29 is 32.4 Å². The molecule has 44 heavy (non-hydrogen) atoms. The van der Waals surface area contributed by atoms with E-state index in [1.54, 1.807) is 32.1 Å². The number of benzene rings is 3. The van der Waals surface area contributed by atoms with E-state index in [4.69, 9.17) is 9.47 Å². The number of nitrogens with zero attached hydrogens (tertiary/aromatic N) is 3. The Bertz CT molecular complexity index is 1980. The molecule has 0 amide bonds. The number of esters is 1. The summed E-state index contributed by atoms with van der Waals surface area (Å²) in [7, 11) is 0. The summed E-state index contributed by atoms with van der Waals surface area (Å²) in [4.78, 5) is 42.1. The number of nitro groups is 1. The molecule has 0 spiro atoms. The SMILES string of the molecule is CCOC(=O)C1=C(C)N=c2s/c(=C/c3ccc(Oc4ccc(C(F)(F)F)cc4[N+](=O)[O-])cc3)c(=O)n2[C@@H]1c1ccc(C)cc1. The first-order valence-corrected chi connectivity index (χ1v) is 14.1. The molecule has 9 nitrogen and oxygen atoms in total.